The lowest BCUT2D eigenvalue weighted by Gasteiger charge is -2.16. The van der Waals surface area contributed by atoms with Gasteiger partial charge in [-0.1, -0.05) is 0 Å². The summed E-state index contributed by atoms with van der Waals surface area (Å²) in [6.45, 7) is 1.26. The molecule has 1 fully saturated rings. The Kier molecular flexibility index (Phi) is 3.43. The van der Waals surface area contributed by atoms with E-state index in [4.69, 9.17) is 15.2 Å². The van der Waals surface area contributed by atoms with Crippen LogP contribution in [0.1, 0.15) is 19.8 Å². The average Bonchev–Trinajstić information content (AvgIpc) is 2.83. The molecule has 0 aliphatic heterocycles. The lowest BCUT2D eigenvalue weighted by atomic mass is 10.6. The molecule has 1 aliphatic rings. The van der Waals surface area contributed by atoms with Crippen LogP contribution < -0.4 is 11.1 Å². The molecule has 0 aromatic carbocycles. The van der Waals surface area contributed by atoms with Gasteiger partial charge in [0.1, 0.15) is 6.73 Å². The standard InChI is InChI=1S/C8H14N2O4/c1-6(11)14-8(2-3-8)13-5-10-7(12)4-9/h2-5,9H2,1H3,(H,10,12). The third-order valence-corrected chi connectivity index (χ3v) is 1.78. The Morgan fingerprint density at radius 3 is 2.57 bits per heavy atom. The van der Waals surface area contributed by atoms with E-state index >= 15 is 0 Å². The van der Waals surface area contributed by atoms with Crippen molar-refractivity contribution in [2.24, 2.45) is 5.73 Å². The van der Waals surface area contributed by atoms with E-state index in [1.165, 1.54) is 6.92 Å². The third-order valence-electron chi connectivity index (χ3n) is 1.78. The van der Waals surface area contributed by atoms with Crippen molar-refractivity contribution in [3.63, 3.8) is 0 Å². The molecule has 3 N–H and O–H groups in total. The molecule has 0 spiro atoms. The van der Waals surface area contributed by atoms with E-state index in [0.717, 1.165) is 0 Å². The highest BCUT2D eigenvalue weighted by atomic mass is 16.7. The average molecular weight is 202 g/mol. The van der Waals surface area contributed by atoms with Crippen molar-refractivity contribution >= 4 is 11.9 Å². The number of carbonyl (C=O) groups is 2. The maximum absolute atomic E-state index is 10.7. The van der Waals surface area contributed by atoms with Crippen LogP contribution in [-0.4, -0.2) is 30.9 Å². The summed E-state index contributed by atoms with van der Waals surface area (Å²) < 4.78 is 10.1. The lowest BCUT2D eigenvalue weighted by molar-refractivity contribution is -0.188. The van der Waals surface area contributed by atoms with E-state index in [1.807, 2.05) is 0 Å². The van der Waals surface area contributed by atoms with Crippen LogP contribution in [-0.2, 0) is 19.1 Å². The summed E-state index contributed by atoms with van der Waals surface area (Å²) in [4.78, 5) is 21.4. The maximum Gasteiger partial charge on any atom is 0.305 e. The quantitative estimate of drug-likeness (QED) is 0.445. The van der Waals surface area contributed by atoms with E-state index in [1.54, 1.807) is 0 Å². The topological polar surface area (TPSA) is 90.6 Å². The van der Waals surface area contributed by atoms with Gasteiger partial charge in [0.05, 0.1) is 6.54 Å². The molecule has 0 heterocycles. The highest BCUT2D eigenvalue weighted by Gasteiger charge is 2.48. The van der Waals surface area contributed by atoms with Gasteiger partial charge < -0.3 is 20.5 Å². The molecule has 0 unspecified atom stereocenters. The van der Waals surface area contributed by atoms with Gasteiger partial charge in [0.25, 0.3) is 0 Å². The summed E-state index contributed by atoms with van der Waals surface area (Å²) in [7, 11) is 0. The first-order valence-electron chi connectivity index (χ1n) is 4.38. The van der Waals surface area contributed by atoms with Gasteiger partial charge in [0.15, 0.2) is 0 Å². The molecule has 0 saturated heterocycles. The van der Waals surface area contributed by atoms with Gasteiger partial charge in [-0.2, -0.15) is 0 Å². The van der Waals surface area contributed by atoms with E-state index in [2.05, 4.69) is 5.32 Å². The number of hydrogen-bond donors (Lipinski definition) is 2. The Balaban J connectivity index is 2.17. The summed E-state index contributed by atoms with van der Waals surface area (Å²) in [6, 6.07) is 0. The normalized spacial score (nSPS) is 17.3. The number of nitrogens with two attached hydrogens (primary N) is 1. The highest BCUT2D eigenvalue weighted by Crippen LogP contribution is 2.40. The molecule has 0 bridgehead atoms. The number of nitrogens with one attached hydrogen (secondary N) is 1. The van der Waals surface area contributed by atoms with Crippen molar-refractivity contribution in [2.75, 3.05) is 13.3 Å². The summed E-state index contributed by atoms with van der Waals surface area (Å²) in [6.07, 6.45) is 1.34. The van der Waals surface area contributed by atoms with Crippen molar-refractivity contribution in [1.29, 1.82) is 0 Å². The second-order valence-corrected chi connectivity index (χ2v) is 3.10. The van der Waals surface area contributed by atoms with Gasteiger partial charge >= 0.3 is 5.97 Å². The molecule has 1 amide bonds. The molecule has 0 atom stereocenters. The van der Waals surface area contributed by atoms with Crippen LogP contribution in [0.4, 0.5) is 0 Å². The van der Waals surface area contributed by atoms with E-state index < -0.39 is 5.79 Å². The van der Waals surface area contributed by atoms with Gasteiger partial charge in [0.2, 0.25) is 11.7 Å². The summed E-state index contributed by atoms with van der Waals surface area (Å²) in [5, 5.41) is 2.42. The third kappa shape index (κ3) is 3.31. The second kappa shape index (κ2) is 4.39. The fourth-order valence-electron chi connectivity index (χ4n) is 0.960. The molecule has 1 aliphatic carbocycles. The smallest absolute Gasteiger partial charge is 0.305 e. The number of carbonyl (C=O) groups excluding carboxylic acids is 2. The minimum atomic E-state index is -0.798. The van der Waals surface area contributed by atoms with Crippen LogP contribution in [0.5, 0.6) is 0 Å². The fourth-order valence-corrected chi connectivity index (χ4v) is 0.960. The van der Waals surface area contributed by atoms with Crippen LogP contribution in [0, 0.1) is 0 Å². The van der Waals surface area contributed by atoms with Crippen molar-refractivity contribution < 1.29 is 19.1 Å². The monoisotopic (exact) mass is 202 g/mol. The Labute approximate surface area is 81.7 Å². The number of amides is 1. The van der Waals surface area contributed by atoms with E-state index in [9.17, 15) is 9.59 Å². The number of rotatable bonds is 5. The van der Waals surface area contributed by atoms with Crippen molar-refractivity contribution in [2.45, 2.75) is 25.6 Å². The van der Waals surface area contributed by atoms with Crippen molar-refractivity contribution in [3.05, 3.63) is 0 Å². The Bertz CT molecular complexity index is 237. The molecule has 0 radical (unpaired) electrons. The minimum Gasteiger partial charge on any atom is -0.433 e. The van der Waals surface area contributed by atoms with Crippen LogP contribution >= 0.6 is 0 Å². The summed E-state index contributed by atoms with van der Waals surface area (Å²) in [5.41, 5.74) is 5.07. The maximum atomic E-state index is 10.7. The summed E-state index contributed by atoms with van der Waals surface area (Å²) in [5.74, 6) is -1.48. The largest absolute Gasteiger partial charge is 0.433 e. The first kappa shape index (κ1) is 10.9. The zero-order valence-electron chi connectivity index (χ0n) is 8.04. The molecule has 0 aromatic rings. The second-order valence-electron chi connectivity index (χ2n) is 3.10. The van der Waals surface area contributed by atoms with Gasteiger partial charge in [-0.25, -0.2) is 0 Å². The first-order valence-corrected chi connectivity index (χ1v) is 4.38. The number of hydrogen-bond acceptors (Lipinski definition) is 5. The van der Waals surface area contributed by atoms with Gasteiger partial charge in [-0.05, 0) is 0 Å². The predicted octanol–water partition coefficient (Wildman–Crippen LogP) is -0.911. The van der Waals surface area contributed by atoms with Crippen molar-refractivity contribution in [1.82, 2.24) is 5.32 Å². The molecule has 1 saturated carbocycles. The zero-order valence-corrected chi connectivity index (χ0v) is 8.04. The summed E-state index contributed by atoms with van der Waals surface area (Å²) >= 11 is 0. The van der Waals surface area contributed by atoms with E-state index in [0.29, 0.717) is 12.8 Å². The van der Waals surface area contributed by atoms with Crippen LogP contribution in [0.25, 0.3) is 0 Å². The van der Waals surface area contributed by atoms with Gasteiger partial charge in [-0.3, -0.25) is 9.59 Å². The minimum absolute atomic E-state index is 0.0172. The molecule has 1 rings (SSSR count). The Morgan fingerprint density at radius 1 is 1.50 bits per heavy atom. The zero-order chi connectivity index (χ0) is 10.6. The van der Waals surface area contributed by atoms with Crippen molar-refractivity contribution in [3.8, 4) is 0 Å². The fraction of sp³-hybridized carbons (Fsp3) is 0.750. The molecule has 0 aromatic heterocycles. The molecular weight excluding hydrogens is 188 g/mol. The van der Waals surface area contributed by atoms with Crippen LogP contribution in [0.15, 0.2) is 0 Å². The van der Waals surface area contributed by atoms with E-state index in [-0.39, 0.29) is 25.2 Å². The van der Waals surface area contributed by atoms with Gasteiger partial charge in [0, 0.05) is 19.8 Å². The lowest BCUT2D eigenvalue weighted by Crippen LogP contribution is -2.35. The van der Waals surface area contributed by atoms with Crippen LogP contribution in [0.2, 0.25) is 0 Å². The molecule has 6 heteroatoms. The molecule has 14 heavy (non-hydrogen) atoms. The SMILES string of the molecule is CC(=O)OC1(OCNC(=O)CN)CC1. The molecule has 80 valence electrons. The number of ether oxygens (including phenoxy) is 2. The van der Waals surface area contributed by atoms with Crippen LogP contribution in [0.3, 0.4) is 0 Å². The Hall–Kier alpha value is -1.14. The predicted molar refractivity (Wildman–Crippen MR) is 46.9 cm³/mol. The number of esters is 1. The first-order chi connectivity index (χ1) is 6.58. The Morgan fingerprint density at radius 2 is 2.14 bits per heavy atom. The molecular formula is C8H14N2O4. The van der Waals surface area contributed by atoms with Gasteiger partial charge in [-0.15, -0.1) is 0 Å². The molecule has 6 nitrogen and oxygen atoms in total. The highest BCUT2D eigenvalue weighted by molar-refractivity contribution is 5.77.